The molecule has 0 radical (unpaired) electrons. The first-order chi connectivity index (χ1) is 9.25. The van der Waals surface area contributed by atoms with Crippen LogP contribution >= 0.6 is 0 Å². The molecule has 0 aliphatic carbocycles. The Hall–Kier alpha value is -2.20. The molecule has 1 heterocycles. The van der Waals surface area contributed by atoms with Crippen LogP contribution in [0.25, 0.3) is 0 Å². The van der Waals surface area contributed by atoms with Crippen LogP contribution in [0.4, 0.5) is 0 Å². The SMILES string of the molecule is Oc1cccc2c1OCC(O)C(c1ccccc1)O2. The monoisotopic (exact) mass is 258 g/mol. The minimum atomic E-state index is -0.797. The first-order valence-electron chi connectivity index (χ1n) is 6.10. The lowest BCUT2D eigenvalue weighted by Crippen LogP contribution is -2.27. The Morgan fingerprint density at radius 1 is 1.00 bits per heavy atom. The molecule has 2 N–H and O–H groups in total. The molecule has 0 saturated carbocycles. The number of aliphatic hydroxyl groups is 1. The summed E-state index contributed by atoms with van der Waals surface area (Å²) in [7, 11) is 0. The molecule has 4 heteroatoms. The van der Waals surface area contributed by atoms with E-state index in [2.05, 4.69) is 0 Å². The van der Waals surface area contributed by atoms with E-state index in [1.54, 1.807) is 12.1 Å². The average Bonchev–Trinajstić information content (AvgIpc) is 2.61. The predicted octanol–water partition coefficient (Wildman–Crippen LogP) is 2.27. The molecular formula is C15H14O4. The molecule has 2 aromatic rings. The van der Waals surface area contributed by atoms with Gasteiger partial charge in [-0.3, -0.25) is 0 Å². The Bertz CT molecular complexity index is 568. The fourth-order valence-corrected chi connectivity index (χ4v) is 2.15. The van der Waals surface area contributed by atoms with Gasteiger partial charge in [-0.05, 0) is 17.7 Å². The maximum absolute atomic E-state index is 10.1. The Kier molecular flexibility index (Phi) is 3.01. The average molecular weight is 258 g/mol. The Morgan fingerprint density at radius 3 is 2.58 bits per heavy atom. The summed E-state index contributed by atoms with van der Waals surface area (Å²) in [6.07, 6.45) is -1.31. The summed E-state index contributed by atoms with van der Waals surface area (Å²) in [5, 5.41) is 19.9. The summed E-state index contributed by atoms with van der Waals surface area (Å²) < 4.78 is 11.2. The molecule has 4 nitrogen and oxygen atoms in total. The molecule has 0 aromatic heterocycles. The first kappa shape index (κ1) is 11.9. The van der Waals surface area contributed by atoms with Gasteiger partial charge >= 0.3 is 0 Å². The topological polar surface area (TPSA) is 58.9 Å². The molecule has 0 spiro atoms. The van der Waals surface area contributed by atoms with Gasteiger partial charge in [-0.1, -0.05) is 36.4 Å². The van der Waals surface area contributed by atoms with Gasteiger partial charge in [-0.15, -0.1) is 0 Å². The van der Waals surface area contributed by atoms with Gasteiger partial charge in [0.1, 0.15) is 12.7 Å². The third-order valence-electron chi connectivity index (χ3n) is 3.09. The highest BCUT2D eigenvalue weighted by Crippen LogP contribution is 2.41. The molecule has 0 amide bonds. The van der Waals surface area contributed by atoms with Crippen molar-refractivity contribution >= 4 is 0 Å². The van der Waals surface area contributed by atoms with Crippen molar-refractivity contribution in [2.75, 3.05) is 6.61 Å². The van der Waals surface area contributed by atoms with Gasteiger partial charge in [-0.2, -0.15) is 0 Å². The van der Waals surface area contributed by atoms with Crippen LogP contribution in [0.1, 0.15) is 11.7 Å². The molecule has 3 rings (SSSR count). The third-order valence-corrected chi connectivity index (χ3v) is 3.09. The van der Waals surface area contributed by atoms with E-state index in [0.29, 0.717) is 5.75 Å². The standard InChI is InChI=1S/C15H14O4/c16-11-7-4-8-13-15(11)18-9-12(17)14(19-13)10-5-2-1-3-6-10/h1-8,12,14,16-17H,9H2. The largest absolute Gasteiger partial charge is 0.504 e. The number of fused-ring (bicyclic) bond motifs is 1. The van der Waals surface area contributed by atoms with Crippen molar-refractivity contribution < 1.29 is 19.7 Å². The van der Waals surface area contributed by atoms with Gasteiger partial charge in [0, 0.05) is 0 Å². The van der Waals surface area contributed by atoms with Crippen LogP contribution in [-0.2, 0) is 0 Å². The van der Waals surface area contributed by atoms with Crippen LogP contribution in [0.2, 0.25) is 0 Å². The Morgan fingerprint density at radius 2 is 1.79 bits per heavy atom. The van der Waals surface area contributed by atoms with E-state index in [4.69, 9.17) is 9.47 Å². The van der Waals surface area contributed by atoms with E-state index in [0.717, 1.165) is 5.56 Å². The number of aliphatic hydroxyl groups excluding tert-OH is 1. The molecule has 1 aliphatic rings. The molecular weight excluding hydrogens is 244 g/mol. The molecule has 2 aromatic carbocycles. The molecule has 1 aliphatic heterocycles. The lowest BCUT2D eigenvalue weighted by atomic mass is 10.0. The summed E-state index contributed by atoms with van der Waals surface area (Å²) in [5.41, 5.74) is 0.870. The molecule has 0 bridgehead atoms. The molecule has 0 saturated heterocycles. The second kappa shape index (κ2) is 4.82. The fraction of sp³-hybridized carbons (Fsp3) is 0.200. The van der Waals surface area contributed by atoms with Crippen LogP contribution in [-0.4, -0.2) is 22.9 Å². The molecule has 98 valence electrons. The van der Waals surface area contributed by atoms with Gasteiger partial charge < -0.3 is 19.7 Å². The van der Waals surface area contributed by atoms with E-state index in [9.17, 15) is 10.2 Å². The predicted molar refractivity (Wildman–Crippen MR) is 69.4 cm³/mol. The maximum atomic E-state index is 10.1. The van der Waals surface area contributed by atoms with Gasteiger partial charge in [0.25, 0.3) is 0 Å². The van der Waals surface area contributed by atoms with Crippen molar-refractivity contribution in [3.8, 4) is 17.2 Å². The van der Waals surface area contributed by atoms with E-state index in [1.165, 1.54) is 6.07 Å². The number of ether oxygens (including phenoxy) is 2. The highest BCUT2D eigenvalue weighted by atomic mass is 16.6. The zero-order chi connectivity index (χ0) is 13.2. The molecule has 0 fully saturated rings. The number of hydrogen-bond donors (Lipinski definition) is 2. The lowest BCUT2D eigenvalue weighted by Gasteiger charge is -2.20. The van der Waals surface area contributed by atoms with Crippen LogP contribution in [0.15, 0.2) is 48.5 Å². The summed E-state index contributed by atoms with van der Waals surface area (Å²) in [6, 6.07) is 14.4. The minimum absolute atomic E-state index is 0.0124. The molecule has 2 unspecified atom stereocenters. The number of aromatic hydroxyl groups is 1. The lowest BCUT2D eigenvalue weighted by molar-refractivity contribution is 0.0213. The second-order valence-corrected chi connectivity index (χ2v) is 4.43. The van der Waals surface area contributed by atoms with Crippen molar-refractivity contribution in [1.82, 2.24) is 0 Å². The zero-order valence-electron chi connectivity index (χ0n) is 10.2. The summed E-state index contributed by atoms with van der Waals surface area (Å²) in [6.45, 7) is 0.0735. The van der Waals surface area contributed by atoms with Crippen molar-refractivity contribution in [2.24, 2.45) is 0 Å². The number of para-hydroxylation sites is 1. The van der Waals surface area contributed by atoms with Gasteiger partial charge in [0.15, 0.2) is 17.6 Å². The Balaban J connectivity index is 1.99. The van der Waals surface area contributed by atoms with E-state index < -0.39 is 12.2 Å². The third kappa shape index (κ3) is 2.22. The molecule has 19 heavy (non-hydrogen) atoms. The maximum Gasteiger partial charge on any atom is 0.203 e. The van der Waals surface area contributed by atoms with Crippen LogP contribution in [0, 0.1) is 0 Å². The van der Waals surface area contributed by atoms with Crippen molar-refractivity contribution in [3.05, 3.63) is 54.1 Å². The van der Waals surface area contributed by atoms with Crippen molar-refractivity contribution in [3.63, 3.8) is 0 Å². The number of hydrogen-bond acceptors (Lipinski definition) is 4. The number of benzene rings is 2. The highest BCUT2D eigenvalue weighted by molar-refractivity contribution is 5.51. The summed E-state index contributed by atoms with van der Waals surface area (Å²) >= 11 is 0. The van der Waals surface area contributed by atoms with E-state index >= 15 is 0 Å². The second-order valence-electron chi connectivity index (χ2n) is 4.43. The quantitative estimate of drug-likeness (QED) is 0.823. The molecule has 2 atom stereocenters. The summed E-state index contributed by atoms with van der Waals surface area (Å²) in [4.78, 5) is 0. The van der Waals surface area contributed by atoms with Crippen LogP contribution in [0.5, 0.6) is 17.2 Å². The Labute approximate surface area is 110 Å². The van der Waals surface area contributed by atoms with Crippen molar-refractivity contribution in [2.45, 2.75) is 12.2 Å². The van der Waals surface area contributed by atoms with Crippen molar-refractivity contribution in [1.29, 1.82) is 0 Å². The minimum Gasteiger partial charge on any atom is -0.504 e. The first-order valence-corrected chi connectivity index (χ1v) is 6.10. The smallest absolute Gasteiger partial charge is 0.203 e. The normalized spacial score (nSPS) is 21.7. The van der Waals surface area contributed by atoms with Gasteiger partial charge in [0.2, 0.25) is 5.75 Å². The fourth-order valence-electron chi connectivity index (χ4n) is 2.15. The van der Waals surface area contributed by atoms with Gasteiger partial charge in [0.05, 0.1) is 0 Å². The van der Waals surface area contributed by atoms with Crippen LogP contribution < -0.4 is 9.47 Å². The number of phenols is 1. The summed E-state index contributed by atoms with van der Waals surface area (Å²) in [5.74, 6) is 0.726. The van der Waals surface area contributed by atoms with Gasteiger partial charge in [-0.25, -0.2) is 0 Å². The highest BCUT2D eigenvalue weighted by Gasteiger charge is 2.29. The zero-order valence-corrected chi connectivity index (χ0v) is 10.2. The van der Waals surface area contributed by atoms with E-state index in [-0.39, 0.29) is 18.1 Å². The van der Waals surface area contributed by atoms with E-state index in [1.807, 2.05) is 30.3 Å². The number of rotatable bonds is 1. The number of phenolic OH excluding ortho intramolecular Hbond substituents is 1. The van der Waals surface area contributed by atoms with Crippen LogP contribution in [0.3, 0.4) is 0 Å².